The smallest absolute Gasteiger partial charge is 0.472 e. The van der Waals surface area contributed by atoms with Crippen molar-refractivity contribution in [2.45, 2.75) is 167 Å². The van der Waals surface area contributed by atoms with E-state index in [0.717, 1.165) is 51.4 Å². The van der Waals surface area contributed by atoms with Crippen LogP contribution in [0.5, 0.6) is 0 Å². The topological polar surface area (TPSA) is 132 Å². The molecular weight excluding hydrogens is 741 g/mol. The molecule has 11 heteroatoms. The third-order valence-corrected chi connectivity index (χ3v) is 10.0. The van der Waals surface area contributed by atoms with E-state index in [1.165, 1.54) is 64.0 Å². The standard InChI is InChI=1S/C46H82NO9P/c1-6-8-10-12-14-16-18-20-21-22-23-25-27-29-31-33-39-53-43(42-56-57(51,52)55-40-38-47(3,4)5)41-54-46(50)37-34-36-45(49)44(48)35-32-30-28-26-24-19-17-15-13-11-9-7-2/h9,11,15,17,20-21,24,26,30,32-33,39,43-45,48-49H,6-8,10,12-14,16,18-19,22-23,25,27-29,31,34-38,40-42H2,1-5H3/p+1/b11-9-,17-15-,21-20-,26-24-,32-30-,39-33+/t43-,44+,45+/m1/s1. The van der Waals surface area contributed by atoms with Gasteiger partial charge in [-0.3, -0.25) is 13.8 Å². The van der Waals surface area contributed by atoms with Crippen molar-refractivity contribution in [2.24, 2.45) is 0 Å². The van der Waals surface area contributed by atoms with Crippen LogP contribution >= 0.6 is 7.82 Å². The zero-order valence-electron chi connectivity index (χ0n) is 36.5. The highest BCUT2D eigenvalue weighted by atomic mass is 31.2. The zero-order chi connectivity index (χ0) is 42.3. The molecule has 0 aromatic heterocycles. The minimum atomic E-state index is -4.34. The van der Waals surface area contributed by atoms with Gasteiger partial charge in [-0.25, -0.2) is 4.57 Å². The molecule has 0 amide bonds. The number of phosphoric acid groups is 1. The number of hydrogen-bond donors (Lipinski definition) is 3. The Morgan fingerprint density at radius 1 is 0.649 bits per heavy atom. The van der Waals surface area contributed by atoms with Crippen LogP contribution in [0, 0.1) is 0 Å². The van der Waals surface area contributed by atoms with E-state index in [4.69, 9.17) is 18.5 Å². The van der Waals surface area contributed by atoms with E-state index >= 15 is 0 Å². The number of likely N-dealkylation sites (N-methyl/N-ethyl adjacent to an activating group) is 1. The monoisotopic (exact) mass is 825 g/mol. The van der Waals surface area contributed by atoms with Crippen LogP contribution < -0.4 is 0 Å². The number of carbonyl (C=O) groups excluding carboxylic acids is 1. The zero-order valence-corrected chi connectivity index (χ0v) is 37.4. The normalized spacial score (nSPS) is 15.5. The van der Waals surface area contributed by atoms with Gasteiger partial charge in [-0.15, -0.1) is 0 Å². The minimum absolute atomic E-state index is 0.0389. The number of allylic oxidation sites excluding steroid dienone is 10. The van der Waals surface area contributed by atoms with Crippen LogP contribution in [0.25, 0.3) is 0 Å². The number of unbranched alkanes of at least 4 members (excludes halogenated alkanes) is 11. The van der Waals surface area contributed by atoms with Gasteiger partial charge in [0.2, 0.25) is 0 Å². The number of aliphatic hydroxyl groups is 2. The van der Waals surface area contributed by atoms with Gasteiger partial charge in [0.15, 0.2) is 6.10 Å². The molecule has 0 aromatic rings. The molecule has 0 aromatic carbocycles. The summed E-state index contributed by atoms with van der Waals surface area (Å²) in [7, 11) is 1.50. The Kier molecular flexibility index (Phi) is 36.4. The fourth-order valence-corrected chi connectivity index (χ4v) is 6.18. The van der Waals surface area contributed by atoms with Crippen LogP contribution in [-0.2, 0) is 27.9 Å². The molecule has 10 nitrogen and oxygen atoms in total. The van der Waals surface area contributed by atoms with Crippen LogP contribution in [0.4, 0.5) is 0 Å². The Morgan fingerprint density at radius 2 is 1.19 bits per heavy atom. The van der Waals surface area contributed by atoms with Crippen LogP contribution in [-0.4, -0.2) is 91.4 Å². The predicted octanol–water partition coefficient (Wildman–Crippen LogP) is 11.0. The summed E-state index contributed by atoms with van der Waals surface area (Å²) in [6.45, 7) is 4.42. The number of ether oxygens (including phenoxy) is 2. The van der Waals surface area contributed by atoms with Gasteiger partial charge in [0.05, 0.1) is 46.2 Å². The molecule has 0 fully saturated rings. The van der Waals surface area contributed by atoms with Crippen molar-refractivity contribution in [3.8, 4) is 0 Å². The van der Waals surface area contributed by atoms with Crippen molar-refractivity contribution in [3.63, 3.8) is 0 Å². The van der Waals surface area contributed by atoms with Crippen molar-refractivity contribution >= 4 is 13.8 Å². The SMILES string of the molecule is CC/C=C\C/C=C\C/C=C\C/C=C\C[C@H](O)[C@@H](O)CCCC(=O)OC[C@H](COP(=O)(O)OCC[N+](C)(C)C)O/C=C/CCCCCC/C=C\CCCCCCCC. The first-order valence-corrected chi connectivity index (χ1v) is 23.4. The molecule has 0 aliphatic rings. The largest absolute Gasteiger partial charge is 0.492 e. The van der Waals surface area contributed by atoms with Crippen LogP contribution in [0.1, 0.15) is 149 Å². The van der Waals surface area contributed by atoms with E-state index in [9.17, 15) is 24.5 Å². The maximum atomic E-state index is 12.5. The Bertz CT molecular complexity index is 1170. The molecule has 0 spiro atoms. The summed E-state index contributed by atoms with van der Waals surface area (Å²) in [5.41, 5.74) is 0. The molecule has 0 saturated carbocycles. The summed E-state index contributed by atoms with van der Waals surface area (Å²) in [5, 5.41) is 20.7. The average Bonchev–Trinajstić information content (AvgIpc) is 3.16. The summed E-state index contributed by atoms with van der Waals surface area (Å²) in [5.74, 6) is -0.503. The number of quaternary nitrogens is 1. The number of esters is 1. The second-order valence-electron chi connectivity index (χ2n) is 15.7. The molecule has 4 atom stereocenters. The molecule has 0 saturated heterocycles. The maximum Gasteiger partial charge on any atom is 0.472 e. The van der Waals surface area contributed by atoms with Gasteiger partial charge < -0.3 is 29.1 Å². The summed E-state index contributed by atoms with van der Waals surface area (Å²) in [4.78, 5) is 22.7. The average molecular weight is 825 g/mol. The van der Waals surface area contributed by atoms with Gasteiger partial charge in [-0.2, -0.15) is 0 Å². The second kappa shape index (κ2) is 37.9. The van der Waals surface area contributed by atoms with E-state index in [0.29, 0.717) is 23.9 Å². The predicted molar refractivity (Wildman–Crippen MR) is 236 cm³/mol. The molecule has 1 unspecified atom stereocenters. The highest BCUT2D eigenvalue weighted by molar-refractivity contribution is 7.47. The van der Waals surface area contributed by atoms with E-state index < -0.39 is 32.1 Å². The van der Waals surface area contributed by atoms with Gasteiger partial charge in [0.25, 0.3) is 0 Å². The lowest BCUT2D eigenvalue weighted by Gasteiger charge is -2.24. The molecule has 0 radical (unpaired) electrons. The van der Waals surface area contributed by atoms with E-state index in [1.54, 1.807) is 0 Å². The molecular formula is C46H83NO9P+. The lowest BCUT2D eigenvalue weighted by molar-refractivity contribution is -0.870. The van der Waals surface area contributed by atoms with E-state index in [2.05, 4.69) is 62.5 Å². The number of carbonyl (C=O) groups is 1. The molecule has 0 heterocycles. The van der Waals surface area contributed by atoms with Gasteiger partial charge >= 0.3 is 13.8 Å². The summed E-state index contributed by atoms with van der Waals surface area (Å²) in [6, 6.07) is 0. The Morgan fingerprint density at radius 3 is 1.77 bits per heavy atom. The highest BCUT2D eigenvalue weighted by Crippen LogP contribution is 2.43. The number of aliphatic hydroxyl groups excluding tert-OH is 2. The number of nitrogens with zero attached hydrogens (tertiary/aromatic N) is 1. The van der Waals surface area contributed by atoms with Gasteiger partial charge in [0, 0.05) is 6.42 Å². The Hall–Kier alpha value is -2.30. The van der Waals surface area contributed by atoms with Gasteiger partial charge in [0.1, 0.15) is 19.8 Å². The first-order valence-electron chi connectivity index (χ1n) is 21.9. The molecule has 57 heavy (non-hydrogen) atoms. The molecule has 330 valence electrons. The number of rotatable bonds is 39. The van der Waals surface area contributed by atoms with Crippen LogP contribution in [0.15, 0.2) is 73.1 Å². The lowest BCUT2D eigenvalue weighted by Crippen LogP contribution is -2.37. The van der Waals surface area contributed by atoms with E-state index in [-0.39, 0.29) is 32.7 Å². The van der Waals surface area contributed by atoms with Crippen LogP contribution in [0.3, 0.4) is 0 Å². The molecule has 0 bridgehead atoms. The van der Waals surface area contributed by atoms with Crippen molar-refractivity contribution in [1.29, 1.82) is 0 Å². The summed E-state index contributed by atoms with van der Waals surface area (Å²) < 4.78 is 34.5. The Balaban J connectivity index is 4.57. The van der Waals surface area contributed by atoms with Crippen molar-refractivity contribution in [3.05, 3.63) is 73.1 Å². The maximum absolute atomic E-state index is 12.5. The summed E-state index contributed by atoms with van der Waals surface area (Å²) in [6.07, 6.45) is 42.1. The third kappa shape index (κ3) is 40.3. The fraction of sp³-hybridized carbons (Fsp3) is 0.717. The Labute approximate surface area is 348 Å². The van der Waals surface area contributed by atoms with Gasteiger partial charge in [-0.05, 0) is 89.5 Å². The number of phosphoric ester groups is 1. The first kappa shape index (κ1) is 54.7. The number of hydrogen-bond acceptors (Lipinski definition) is 8. The molecule has 0 rings (SSSR count). The second-order valence-corrected chi connectivity index (χ2v) is 17.2. The van der Waals surface area contributed by atoms with Crippen molar-refractivity contribution in [2.75, 3.05) is 47.5 Å². The quantitative estimate of drug-likeness (QED) is 0.0138. The first-order chi connectivity index (χ1) is 27.4. The van der Waals surface area contributed by atoms with Crippen LogP contribution in [0.2, 0.25) is 0 Å². The van der Waals surface area contributed by atoms with E-state index in [1.807, 2.05) is 39.4 Å². The lowest BCUT2D eigenvalue weighted by atomic mass is 10.0. The minimum Gasteiger partial charge on any atom is -0.492 e. The van der Waals surface area contributed by atoms with Gasteiger partial charge in [-0.1, -0.05) is 120 Å². The molecule has 0 aliphatic carbocycles. The van der Waals surface area contributed by atoms with Crippen molar-refractivity contribution in [1.82, 2.24) is 0 Å². The van der Waals surface area contributed by atoms with Crippen molar-refractivity contribution < 1.29 is 47.5 Å². The third-order valence-electron chi connectivity index (χ3n) is 9.04. The highest BCUT2D eigenvalue weighted by Gasteiger charge is 2.26. The summed E-state index contributed by atoms with van der Waals surface area (Å²) >= 11 is 0. The molecule has 0 aliphatic heterocycles. The fourth-order valence-electron chi connectivity index (χ4n) is 5.44. The molecule has 3 N–H and O–H groups in total.